The molecule has 0 saturated heterocycles. The number of fused-ring (bicyclic) bond motifs is 1. The minimum Gasteiger partial charge on any atom is -0.481 e. The number of aliphatic carboxylic acids is 1. The molecule has 0 bridgehead atoms. The Labute approximate surface area is 88.8 Å². The lowest BCUT2D eigenvalue weighted by atomic mass is 10.3. The second-order valence-corrected chi connectivity index (χ2v) is 3.23. The smallest absolute Gasteiger partial charge is 0.309 e. The molecule has 1 N–H and O–H groups in total. The molecule has 2 aromatic heterocycles. The van der Waals surface area contributed by atoms with Gasteiger partial charge < -0.3 is 5.11 Å². The summed E-state index contributed by atoms with van der Waals surface area (Å²) in [6, 6.07) is 3.33. The van der Waals surface area contributed by atoms with Crippen LogP contribution in [0.15, 0.2) is 29.2 Å². The molecule has 2 aromatic rings. The molecule has 5 nitrogen and oxygen atoms in total. The molecule has 0 spiro atoms. The maximum Gasteiger partial charge on any atom is 0.309 e. The van der Waals surface area contributed by atoms with Gasteiger partial charge in [-0.05, 0) is 6.07 Å². The van der Waals surface area contributed by atoms with Crippen molar-refractivity contribution in [3.8, 4) is 0 Å². The maximum atomic E-state index is 12.9. The molecule has 0 radical (unpaired) electrons. The highest BCUT2D eigenvalue weighted by Crippen LogP contribution is 2.03. The van der Waals surface area contributed by atoms with Crippen LogP contribution in [-0.4, -0.2) is 20.5 Å². The number of pyridine rings is 1. The van der Waals surface area contributed by atoms with E-state index in [1.807, 2.05) is 0 Å². The first kappa shape index (κ1) is 10.3. The van der Waals surface area contributed by atoms with Crippen molar-refractivity contribution in [3.05, 3.63) is 46.3 Å². The summed E-state index contributed by atoms with van der Waals surface area (Å²) in [6.07, 6.45) is 0.896. The van der Waals surface area contributed by atoms with Crippen LogP contribution in [0.3, 0.4) is 0 Å². The zero-order valence-electron chi connectivity index (χ0n) is 8.05. The quantitative estimate of drug-likeness (QED) is 0.801. The summed E-state index contributed by atoms with van der Waals surface area (Å²) in [5.74, 6) is -1.62. The van der Waals surface area contributed by atoms with Gasteiger partial charge in [0.2, 0.25) is 0 Å². The Morgan fingerprint density at radius 2 is 2.25 bits per heavy atom. The second kappa shape index (κ2) is 3.73. The summed E-state index contributed by atoms with van der Waals surface area (Å²) in [7, 11) is 0. The maximum absolute atomic E-state index is 12.9. The zero-order chi connectivity index (χ0) is 11.7. The summed E-state index contributed by atoms with van der Waals surface area (Å²) in [5, 5.41) is 8.56. The summed E-state index contributed by atoms with van der Waals surface area (Å²) >= 11 is 0. The van der Waals surface area contributed by atoms with E-state index in [0.29, 0.717) is 0 Å². The number of hydrogen-bond acceptors (Lipinski definition) is 3. The predicted molar refractivity (Wildman–Crippen MR) is 52.8 cm³/mol. The molecule has 0 aliphatic heterocycles. The molecule has 0 fully saturated rings. The van der Waals surface area contributed by atoms with Crippen LogP contribution in [0, 0.1) is 5.82 Å². The van der Waals surface area contributed by atoms with Crippen LogP contribution in [0.1, 0.15) is 5.69 Å². The molecular formula is C10H7FN2O3. The van der Waals surface area contributed by atoms with Crippen LogP contribution in [0.5, 0.6) is 0 Å². The number of hydrogen-bond donors (Lipinski definition) is 1. The molecule has 0 saturated carbocycles. The Morgan fingerprint density at radius 1 is 1.50 bits per heavy atom. The van der Waals surface area contributed by atoms with E-state index in [4.69, 9.17) is 5.11 Å². The SMILES string of the molecule is O=C(O)Cc1cc(=O)n2ccc(F)cc2n1. The van der Waals surface area contributed by atoms with Crippen LogP contribution in [0.4, 0.5) is 4.39 Å². The van der Waals surface area contributed by atoms with Gasteiger partial charge in [-0.2, -0.15) is 0 Å². The highest BCUT2D eigenvalue weighted by atomic mass is 19.1. The van der Waals surface area contributed by atoms with E-state index in [1.165, 1.54) is 6.20 Å². The number of halogens is 1. The van der Waals surface area contributed by atoms with Gasteiger partial charge in [0.25, 0.3) is 5.56 Å². The first-order valence-electron chi connectivity index (χ1n) is 4.46. The van der Waals surface area contributed by atoms with Gasteiger partial charge in [-0.1, -0.05) is 0 Å². The monoisotopic (exact) mass is 222 g/mol. The lowest BCUT2D eigenvalue weighted by molar-refractivity contribution is -0.136. The van der Waals surface area contributed by atoms with Gasteiger partial charge in [0.15, 0.2) is 0 Å². The summed E-state index contributed by atoms with van der Waals surface area (Å²) in [4.78, 5) is 25.8. The normalized spacial score (nSPS) is 10.6. The fourth-order valence-corrected chi connectivity index (χ4v) is 1.37. The minimum absolute atomic E-state index is 0.101. The average molecular weight is 222 g/mol. The van der Waals surface area contributed by atoms with Gasteiger partial charge in [-0.15, -0.1) is 0 Å². The Morgan fingerprint density at radius 3 is 2.94 bits per heavy atom. The molecule has 0 aliphatic rings. The molecule has 0 atom stereocenters. The van der Waals surface area contributed by atoms with Crippen LogP contribution >= 0.6 is 0 Å². The largest absolute Gasteiger partial charge is 0.481 e. The standard InChI is InChI=1S/C10H7FN2O3/c11-6-1-2-13-8(3-6)12-7(4-9(13)14)5-10(15)16/h1-4H,5H2,(H,15,16). The van der Waals surface area contributed by atoms with Gasteiger partial charge in [0.1, 0.15) is 11.5 Å². The predicted octanol–water partition coefficient (Wildman–Crippen LogP) is 0.461. The molecule has 16 heavy (non-hydrogen) atoms. The molecule has 6 heteroatoms. The lowest BCUT2D eigenvalue weighted by Gasteiger charge is -2.01. The van der Waals surface area contributed by atoms with E-state index >= 15 is 0 Å². The molecule has 0 amide bonds. The third-order valence-electron chi connectivity index (χ3n) is 2.01. The van der Waals surface area contributed by atoms with Gasteiger partial charge >= 0.3 is 5.97 Å². The lowest BCUT2D eigenvalue weighted by Crippen LogP contribution is -2.17. The number of carboxylic acids is 1. The Hall–Kier alpha value is -2.24. The van der Waals surface area contributed by atoms with E-state index in [0.717, 1.165) is 22.6 Å². The fourth-order valence-electron chi connectivity index (χ4n) is 1.37. The summed E-state index contributed by atoms with van der Waals surface area (Å²) in [5.41, 5.74) is -0.215. The van der Waals surface area contributed by atoms with Gasteiger partial charge in [0, 0.05) is 18.3 Å². The molecule has 0 aliphatic carbocycles. The average Bonchev–Trinajstić information content (AvgIpc) is 2.15. The number of carboxylic acid groups (broad SMARTS) is 1. The first-order valence-corrected chi connectivity index (χ1v) is 4.46. The van der Waals surface area contributed by atoms with Crippen molar-refractivity contribution < 1.29 is 14.3 Å². The Balaban J connectivity index is 2.65. The second-order valence-electron chi connectivity index (χ2n) is 3.23. The highest BCUT2D eigenvalue weighted by Gasteiger charge is 2.06. The van der Waals surface area contributed by atoms with E-state index in [2.05, 4.69) is 4.98 Å². The van der Waals surface area contributed by atoms with Crippen molar-refractivity contribution in [2.45, 2.75) is 6.42 Å². The third kappa shape index (κ3) is 1.90. The summed E-state index contributed by atoms with van der Waals surface area (Å²) < 4.78 is 14.0. The number of nitrogens with zero attached hydrogens (tertiary/aromatic N) is 2. The molecule has 2 heterocycles. The van der Waals surface area contributed by atoms with Crippen molar-refractivity contribution in [1.82, 2.24) is 9.38 Å². The van der Waals surface area contributed by atoms with E-state index in [-0.39, 0.29) is 17.8 Å². The van der Waals surface area contributed by atoms with Gasteiger partial charge in [0.05, 0.1) is 12.1 Å². The fraction of sp³-hybridized carbons (Fsp3) is 0.100. The first-order chi connectivity index (χ1) is 7.56. The Bertz CT molecular complexity index is 621. The Kier molecular flexibility index (Phi) is 2.40. The highest BCUT2D eigenvalue weighted by molar-refractivity contribution is 5.69. The zero-order valence-corrected chi connectivity index (χ0v) is 8.05. The molecular weight excluding hydrogens is 215 g/mol. The van der Waals surface area contributed by atoms with E-state index in [1.54, 1.807) is 0 Å². The molecule has 2 rings (SSSR count). The molecule has 0 aromatic carbocycles. The third-order valence-corrected chi connectivity index (χ3v) is 2.01. The van der Waals surface area contributed by atoms with E-state index < -0.39 is 17.3 Å². The van der Waals surface area contributed by atoms with Crippen molar-refractivity contribution in [1.29, 1.82) is 0 Å². The number of carbonyl (C=O) groups is 1. The van der Waals surface area contributed by atoms with Crippen LogP contribution in [0.2, 0.25) is 0 Å². The summed E-state index contributed by atoms with van der Waals surface area (Å²) in [6.45, 7) is 0. The van der Waals surface area contributed by atoms with Crippen LogP contribution in [-0.2, 0) is 11.2 Å². The molecule has 0 unspecified atom stereocenters. The van der Waals surface area contributed by atoms with Crippen molar-refractivity contribution in [2.75, 3.05) is 0 Å². The molecule has 82 valence electrons. The minimum atomic E-state index is -1.09. The van der Waals surface area contributed by atoms with Crippen molar-refractivity contribution in [3.63, 3.8) is 0 Å². The van der Waals surface area contributed by atoms with Crippen LogP contribution < -0.4 is 5.56 Å². The van der Waals surface area contributed by atoms with Crippen molar-refractivity contribution >= 4 is 11.6 Å². The topological polar surface area (TPSA) is 71.7 Å². The van der Waals surface area contributed by atoms with Gasteiger partial charge in [-0.25, -0.2) is 9.37 Å². The van der Waals surface area contributed by atoms with E-state index in [9.17, 15) is 14.0 Å². The van der Waals surface area contributed by atoms with Crippen molar-refractivity contribution in [2.24, 2.45) is 0 Å². The van der Waals surface area contributed by atoms with Gasteiger partial charge in [-0.3, -0.25) is 14.0 Å². The number of rotatable bonds is 2. The van der Waals surface area contributed by atoms with Crippen LogP contribution in [0.25, 0.3) is 5.65 Å². The number of aromatic nitrogens is 2.